The van der Waals surface area contributed by atoms with Crippen LogP contribution in [0.1, 0.15) is 37.7 Å². The first-order valence-electron chi connectivity index (χ1n) is 7.10. The van der Waals surface area contributed by atoms with Crippen LogP contribution in [0.3, 0.4) is 0 Å². The van der Waals surface area contributed by atoms with Crippen LogP contribution in [-0.4, -0.2) is 25.9 Å². The number of nitrogens with two attached hydrogens (primary N) is 1. The van der Waals surface area contributed by atoms with E-state index in [9.17, 15) is 0 Å². The van der Waals surface area contributed by atoms with Gasteiger partial charge in [0.05, 0.1) is 6.61 Å². The van der Waals surface area contributed by atoms with Gasteiger partial charge in [-0.1, -0.05) is 18.2 Å². The number of fused-ring (bicyclic) bond motifs is 1. The molecule has 3 N–H and O–H groups in total. The zero-order chi connectivity index (χ0) is 13.5. The van der Waals surface area contributed by atoms with E-state index < -0.39 is 0 Å². The van der Waals surface area contributed by atoms with E-state index in [-0.39, 0.29) is 0 Å². The van der Waals surface area contributed by atoms with Gasteiger partial charge in [0.2, 0.25) is 0 Å². The van der Waals surface area contributed by atoms with Crippen LogP contribution in [-0.2, 0) is 4.74 Å². The molecule has 0 bridgehead atoms. The second-order valence-corrected chi connectivity index (χ2v) is 4.96. The molecule has 2 unspecified atom stereocenters. The molecule has 4 heteroatoms. The summed E-state index contributed by atoms with van der Waals surface area (Å²) in [6, 6.07) is 8.60. The summed E-state index contributed by atoms with van der Waals surface area (Å²) in [5, 5.41) is 0. The van der Waals surface area contributed by atoms with E-state index in [1.807, 2.05) is 19.1 Å². The number of rotatable bonds is 7. The molecule has 0 aliphatic carbocycles. The summed E-state index contributed by atoms with van der Waals surface area (Å²) in [5.74, 6) is 7.20. The predicted molar refractivity (Wildman–Crippen MR) is 76.1 cm³/mol. The van der Waals surface area contributed by atoms with E-state index in [1.165, 1.54) is 5.56 Å². The molecule has 0 radical (unpaired) electrons. The standard InChI is InChI=1S/C15H24N2O2/c1-2-18-9-8-13(17-16)11-12-7-10-19-15-6-4-3-5-14(12)15/h3-6,12-13,17H,2,7-11,16H2,1H3. The minimum Gasteiger partial charge on any atom is -0.493 e. The minimum absolute atomic E-state index is 0.294. The van der Waals surface area contributed by atoms with Gasteiger partial charge in [-0.25, -0.2) is 0 Å². The molecular formula is C15H24N2O2. The lowest BCUT2D eigenvalue weighted by molar-refractivity contribution is 0.133. The molecule has 1 heterocycles. The van der Waals surface area contributed by atoms with Crippen LogP contribution in [0.25, 0.3) is 0 Å². The maximum absolute atomic E-state index is 5.69. The van der Waals surface area contributed by atoms with Gasteiger partial charge < -0.3 is 9.47 Å². The van der Waals surface area contributed by atoms with E-state index in [0.29, 0.717) is 12.0 Å². The van der Waals surface area contributed by atoms with Gasteiger partial charge >= 0.3 is 0 Å². The highest BCUT2D eigenvalue weighted by Gasteiger charge is 2.23. The Morgan fingerprint density at radius 1 is 1.47 bits per heavy atom. The summed E-state index contributed by atoms with van der Waals surface area (Å²) in [5.41, 5.74) is 4.23. The molecule has 2 atom stereocenters. The summed E-state index contributed by atoms with van der Waals surface area (Å²) in [4.78, 5) is 0. The number of hydrogen-bond donors (Lipinski definition) is 2. The first-order chi connectivity index (χ1) is 9.35. The molecule has 19 heavy (non-hydrogen) atoms. The van der Waals surface area contributed by atoms with Crippen LogP contribution in [0.2, 0.25) is 0 Å². The number of nitrogens with one attached hydrogen (secondary N) is 1. The third-order valence-electron chi connectivity index (χ3n) is 3.70. The molecule has 0 saturated heterocycles. The Balaban J connectivity index is 1.94. The maximum Gasteiger partial charge on any atom is 0.122 e. The Bertz CT molecular complexity index is 384. The quantitative estimate of drug-likeness (QED) is 0.450. The van der Waals surface area contributed by atoms with Crippen molar-refractivity contribution in [2.24, 2.45) is 5.84 Å². The van der Waals surface area contributed by atoms with Crippen molar-refractivity contribution >= 4 is 0 Å². The SMILES string of the molecule is CCOCCC(CC1CCOc2ccccc21)NN. The van der Waals surface area contributed by atoms with Crippen LogP contribution in [0.5, 0.6) is 5.75 Å². The van der Waals surface area contributed by atoms with E-state index >= 15 is 0 Å². The Kier molecular flexibility index (Phi) is 5.63. The zero-order valence-electron chi connectivity index (χ0n) is 11.6. The fraction of sp³-hybridized carbons (Fsp3) is 0.600. The molecule has 2 rings (SSSR count). The molecule has 1 aliphatic rings. The van der Waals surface area contributed by atoms with Gasteiger partial charge in [0.1, 0.15) is 5.75 Å². The van der Waals surface area contributed by atoms with E-state index in [1.54, 1.807) is 0 Å². The molecule has 1 aromatic carbocycles. The molecule has 4 nitrogen and oxygen atoms in total. The maximum atomic E-state index is 5.69. The summed E-state index contributed by atoms with van der Waals surface area (Å²) >= 11 is 0. The van der Waals surface area contributed by atoms with E-state index in [0.717, 1.165) is 44.8 Å². The van der Waals surface area contributed by atoms with Gasteiger partial charge in [-0.05, 0) is 43.7 Å². The Labute approximate surface area is 115 Å². The van der Waals surface area contributed by atoms with Gasteiger partial charge in [-0.3, -0.25) is 11.3 Å². The number of ether oxygens (including phenoxy) is 2. The third kappa shape index (κ3) is 3.93. The van der Waals surface area contributed by atoms with Crippen molar-refractivity contribution in [1.29, 1.82) is 0 Å². The molecule has 1 aliphatic heterocycles. The lowest BCUT2D eigenvalue weighted by atomic mass is 9.87. The van der Waals surface area contributed by atoms with Gasteiger partial charge in [0.15, 0.2) is 0 Å². The number of hydrazine groups is 1. The molecule has 0 fully saturated rings. The fourth-order valence-corrected chi connectivity index (χ4v) is 2.64. The first-order valence-corrected chi connectivity index (χ1v) is 7.10. The monoisotopic (exact) mass is 264 g/mol. The Morgan fingerprint density at radius 3 is 3.11 bits per heavy atom. The Morgan fingerprint density at radius 2 is 2.32 bits per heavy atom. The average Bonchev–Trinajstić information content (AvgIpc) is 2.46. The van der Waals surface area contributed by atoms with Gasteiger partial charge in [-0.2, -0.15) is 0 Å². The van der Waals surface area contributed by atoms with Crippen LogP contribution in [0.4, 0.5) is 0 Å². The molecule has 0 amide bonds. The predicted octanol–water partition coefficient (Wildman–Crippen LogP) is 2.20. The molecule has 0 saturated carbocycles. The normalized spacial score (nSPS) is 19.6. The van der Waals surface area contributed by atoms with E-state index in [2.05, 4.69) is 17.6 Å². The first kappa shape index (κ1) is 14.3. The number of hydrogen-bond acceptors (Lipinski definition) is 4. The summed E-state index contributed by atoms with van der Waals surface area (Å²) in [6.07, 6.45) is 3.04. The number of para-hydroxylation sites is 1. The summed E-state index contributed by atoms with van der Waals surface area (Å²) in [6.45, 7) is 4.33. The van der Waals surface area contributed by atoms with Crippen LogP contribution in [0, 0.1) is 0 Å². The van der Waals surface area contributed by atoms with Gasteiger partial charge in [0, 0.05) is 19.3 Å². The molecule has 1 aromatic rings. The van der Waals surface area contributed by atoms with Crippen molar-refractivity contribution in [3.63, 3.8) is 0 Å². The van der Waals surface area contributed by atoms with Crippen molar-refractivity contribution in [3.8, 4) is 5.75 Å². The van der Waals surface area contributed by atoms with Crippen molar-refractivity contribution in [3.05, 3.63) is 29.8 Å². The third-order valence-corrected chi connectivity index (χ3v) is 3.70. The van der Waals surface area contributed by atoms with Crippen molar-refractivity contribution in [2.45, 2.75) is 38.1 Å². The fourth-order valence-electron chi connectivity index (χ4n) is 2.64. The van der Waals surface area contributed by atoms with E-state index in [4.69, 9.17) is 15.3 Å². The van der Waals surface area contributed by atoms with Gasteiger partial charge in [-0.15, -0.1) is 0 Å². The highest BCUT2D eigenvalue weighted by molar-refractivity contribution is 5.37. The zero-order valence-corrected chi connectivity index (χ0v) is 11.6. The molecule has 0 aromatic heterocycles. The minimum atomic E-state index is 0.294. The summed E-state index contributed by atoms with van der Waals surface area (Å²) in [7, 11) is 0. The lowest BCUT2D eigenvalue weighted by Gasteiger charge is -2.28. The van der Waals surface area contributed by atoms with Crippen molar-refractivity contribution < 1.29 is 9.47 Å². The molecule has 106 valence electrons. The summed E-state index contributed by atoms with van der Waals surface area (Å²) < 4.78 is 11.1. The average molecular weight is 264 g/mol. The number of benzene rings is 1. The highest BCUT2D eigenvalue weighted by Crippen LogP contribution is 2.36. The van der Waals surface area contributed by atoms with Crippen molar-refractivity contribution in [2.75, 3.05) is 19.8 Å². The van der Waals surface area contributed by atoms with Crippen LogP contribution >= 0.6 is 0 Å². The Hall–Kier alpha value is -1.10. The highest BCUT2D eigenvalue weighted by atomic mass is 16.5. The van der Waals surface area contributed by atoms with Crippen LogP contribution in [0.15, 0.2) is 24.3 Å². The largest absolute Gasteiger partial charge is 0.493 e. The molecule has 0 spiro atoms. The van der Waals surface area contributed by atoms with Crippen molar-refractivity contribution in [1.82, 2.24) is 5.43 Å². The topological polar surface area (TPSA) is 56.5 Å². The lowest BCUT2D eigenvalue weighted by Crippen LogP contribution is -2.37. The molecular weight excluding hydrogens is 240 g/mol. The second-order valence-electron chi connectivity index (χ2n) is 4.96. The van der Waals surface area contributed by atoms with Gasteiger partial charge in [0.25, 0.3) is 0 Å². The smallest absolute Gasteiger partial charge is 0.122 e. The van der Waals surface area contributed by atoms with Crippen LogP contribution < -0.4 is 16.0 Å². The second kappa shape index (κ2) is 7.48.